The van der Waals surface area contributed by atoms with E-state index in [-0.39, 0.29) is 11.4 Å². The van der Waals surface area contributed by atoms with Crippen molar-refractivity contribution in [2.24, 2.45) is 0 Å². The maximum atomic E-state index is 10.9. The quantitative estimate of drug-likeness (QED) is 0.891. The Balaban J connectivity index is 2.49. The standard InChI is InChI=1S/C12H11NO4S/c1-6-10(12(15)16)13-11(18-6)7-3-4-8(14)9(5-7)17-2/h3-5,14H,1-2H3,(H,15,16). The fourth-order valence-corrected chi connectivity index (χ4v) is 2.43. The molecule has 0 amide bonds. The summed E-state index contributed by atoms with van der Waals surface area (Å²) >= 11 is 1.29. The molecule has 0 aliphatic rings. The first kappa shape index (κ1) is 12.4. The van der Waals surface area contributed by atoms with Gasteiger partial charge in [-0.25, -0.2) is 9.78 Å². The molecule has 0 fully saturated rings. The number of carbonyl (C=O) groups is 1. The minimum atomic E-state index is -1.04. The minimum Gasteiger partial charge on any atom is -0.504 e. The van der Waals surface area contributed by atoms with E-state index in [9.17, 15) is 9.90 Å². The van der Waals surface area contributed by atoms with Gasteiger partial charge in [0.05, 0.1) is 7.11 Å². The summed E-state index contributed by atoms with van der Waals surface area (Å²) < 4.78 is 5.00. The lowest BCUT2D eigenvalue weighted by atomic mass is 10.2. The van der Waals surface area contributed by atoms with Gasteiger partial charge in [-0.3, -0.25) is 0 Å². The Morgan fingerprint density at radius 2 is 2.17 bits per heavy atom. The largest absolute Gasteiger partial charge is 0.504 e. The monoisotopic (exact) mass is 265 g/mol. The number of nitrogens with zero attached hydrogens (tertiary/aromatic N) is 1. The first-order valence-electron chi connectivity index (χ1n) is 5.11. The molecule has 0 radical (unpaired) electrons. The van der Waals surface area contributed by atoms with Gasteiger partial charge in [-0.2, -0.15) is 0 Å². The van der Waals surface area contributed by atoms with E-state index in [4.69, 9.17) is 9.84 Å². The topological polar surface area (TPSA) is 79.7 Å². The first-order chi connectivity index (χ1) is 8.52. The number of hydrogen-bond acceptors (Lipinski definition) is 5. The number of benzene rings is 1. The molecule has 0 saturated carbocycles. The van der Waals surface area contributed by atoms with E-state index < -0.39 is 5.97 Å². The smallest absolute Gasteiger partial charge is 0.355 e. The number of aromatic hydroxyl groups is 1. The van der Waals surface area contributed by atoms with Gasteiger partial charge in [-0.05, 0) is 25.1 Å². The first-order valence-corrected chi connectivity index (χ1v) is 5.92. The van der Waals surface area contributed by atoms with Crippen LogP contribution in [0.15, 0.2) is 18.2 Å². The molecule has 2 aromatic rings. The van der Waals surface area contributed by atoms with Gasteiger partial charge in [0.2, 0.25) is 0 Å². The maximum absolute atomic E-state index is 10.9. The third-order valence-corrected chi connectivity index (χ3v) is 3.45. The van der Waals surface area contributed by atoms with Crippen molar-refractivity contribution in [2.75, 3.05) is 7.11 Å². The molecular formula is C12H11NO4S. The Kier molecular flexibility index (Phi) is 3.20. The predicted molar refractivity (Wildman–Crippen MR) is 67.5 cm³/mol. The van der Waals surface area contributed by atoms with Crippen LogP contribution < -0.4 is 4.74 Å². The average Bonchev–Trinajstić information content (AvgIpc) is 2.72. The number of aryl methyl sites for hydroxylation is 1. The van der Waals surface area contributed by atoms with Crippen molar-refractivity contribution in [1.29, 1.82) is 0 Å². The summed E-state index contributed by atoms with van der Waals surface area (Å²) in [5, 5.41) is 19.0. The summed E-state index contributed by atoms with van der Waals surface area (Å²) in [5.41, 5.74) is 0.771. The highest BCUT2D eigenvalue weighted by molar-refractivity contribution is 7.15. The number of aromatic carboxylic acids is 1. The Labute approximate surface area is 107 Å². The normalized spacial score (nSPS) is 10.3. The van der Waals surface area contributed by atoms with E-state index in [0.717, 1.165) is 0 Å². The van der Waals surface area contributed by atoms with Crippen LogP contribution in [0, 0.1) is 6.92 Å². The number of rotatable bonds is 3. The van der Waals surface area contributed by atoms with Crippen LogP contribution >= 0.6 is 11.3 Å². The molecule has 1 aromatic carbocycles. The number of thiazole rings is 1. The van der Waals surface area contributed by atoms with E-state index in [1.165, 1.54) is 24.5 Å². The van der Waals surface area contributed by atoms with Crippen molar-refractivity contribution in [2.45, 2.75) is 6.92 Å². The average molecular weight is 265 g/mol. The van der Waals surface area contributed by atoms with Crippen molar-refractivity contribution >= 4 is 17.3 Å². The van der Waals surface area contributed by atoms with E-state index in [2.05, 4.69) is 4.98 Å². The lowest BCUT2D eigenvalue weighted by molar-refractivity contribution is 0.0690. The van der Waals surface area contributed by atoms with Crippen molar-refractivity contribution in [3.05, 3.63) is 28.8 Å². The van der Waals surface area contributed by atoms with Crippen LogP contribution in [-0.2, 0) is 0 Å². The Hall–Kier alpha value is -2.08. The number of ether oxygens (including phenoxy) is 1. The molecule has 18 heavy (non-hydrogen) atoms. The number of hydrogen-bond donors (Lipinski definition) is 2. The molecule has 94 valence electrons. The molecule has 0 unspecified atom stereocenters. The summed E-state index contributed by atoms with van der Waals surface area (Å²) in [4.78, 5) is 15.6. The zero-order valence-corrected chi connectivity index (χ0v) is 10.6. The van der Waals surface area contributed by atoms with Gasteiger partial charge in [0.1, 0.15) is 5.01 Å². The highest BCUT2D eigenvalue weighted by Crippen LogP contribution is 2.34. The third-order valence-electron chi connectivity index (χ3n) is 2.43. The van der Waals surface area contributed by atoms with E-state index >= 15 is 0 Å². The number of carboxylic acids is 1. The molecule has 0 saturated heterocycles. The number of carboxylic acid groups (broad SMARTS) is 1. The van der Waals surface area contributed by atoms with Crippen LogP contribution in [0.1, 0.15) is 15.4 Å². The molecular weight excluding hydrogens is 254 g/mol. The van der Waals surface area contributed by atoms with Gasteiger partial charge >= 0.3 is 5.97 Å². The molecule has 0 spiro atoms. The van der Waals surface area contributed by atoms with Gasteiger partial charge in [-0.1, -0.05) is 0 Å². The maximum Gasteiger partial charge on any atom is 0.355 e. The van der Waals surface area contributed by atoms with E-state index in [1.807, 2.05) is 0 Å². The van der Waals surface area contributed by atoms with Crippen molar-refractivity contribution in [3.63, 3.8) is 0 Å². The number of aromatic nitrogens is 1. The second kappa shape index (κ2) is 4.66. The SMILES string of the molecule is COc1cc(-c2nc(C(=O)O)c(C)s2)ccc1O. The Bertz CT molecular complexity index is 606. The van der Waals surface area contributed by atoms with Crippen LogP contribution in [0.5, 0.6) is 11.5 Å². The molecule has 5 nitrogen and oxygen atoms in total. The van der Waals surface area contributed by atoms with Crippen LogP contribution in [-0.4, -0.2) is 28.3 Å². The van der Waals surface area contributed by atoms with E-state index in [0.29, 0.717) is 21.2 Å². The molecule has 6 heteroatoms. The summed E-state index contributed by atoms with van der Waals surface area (Å²) in [7, 11) is 1.45. The van der Waals surface area contributed by atoms with Crippen LogP contribution in [0.2, 0.25) is 0 Å². The lowest BCUT2D eigenvalue weighted by Gasteiger charge is -2.04. The van der Waals surface area contributed by atoms with Crippen molar-refractivity contribution < 1.29 is 19.7 Å². The van der Waals surface area contributed by atoms with Gasteiger partial charge in [0, 0.05) is 10.4 Å². The highest BCUT2D eigenvalue weighted by atomic mass is 32.1. The Morgan fingerprint density at radius 3 is 2.72 bits per heavy atom. The number of methoxy groups -OCH3 is 1. The van der Waals surface area contributed by atoms with Crippen LogP contribution in [0.4, 0.5) is 0 Å². The second-order valence-electron chi connectivity index (χ2n) is 3.62. The molecule has 2 N–H and O–H groups in total. The zero-order valence-electron chi connectivity index (χ0n) is 9.80. The molecule has 1 aromatic heterocycles. The summed E-state index contributed by atoms with van der Waals surface area (Å²) in [5.74, 6) is -0.675. The van der Waals surface area contributed by atoms with Gasteiger partial charge in [-0.15, -0.1) is 11.3 Å². The van der Waals surface area contributed by atoms with Crippen LogP contribution in [0.25, 0.3) is 10.6 Å². The minimum absolute atomic E-state index is 0.0352. The Morgan fingerprint density at radius 1 is 1.44 bits per heavy atom. The summed E-state index contributed by atoms with van der Waals surface area (Å²) in [6.45, 7) is 1.71. The molecule has 0 bridgehead atoms. The van der Waals surface area contributed by atoms with Crippen molar-refractivity contribution in [3.8, 4) is 22.1 Å². The zero-order chi connectivity index (χ0) is 13.3. The molecule has 0 aliphatic heterocycles. The molecule has 2 rings (SSSR count). The second-order valence-corrected chi connectivity index (χ2v) is 4.82. The fraction of sp³-hybridized carbons (Fsp3) is 0.167. The number of phenols is 1. The van der Waals surface area contributed by atoms with Crippen molar-refractivity contribution in [1.82, 2.24) is 4.98 Å². The van der Waals surface area contributed by atoms with Gasteiger partial charge in [0.15, 0.2) is 17.2 Å². The molecule has 0 aliphatic carbocycles. The summed E-state index contributed by atoms with van der Waals surface area (Å²) in [6, 6.07) is 4.78. The predicted octanol–water partition coefficient (Wildman–Crippen LogP) is 2.53. The van der Waals surface area contributed by atoms with Gasteiger partial charge < -0.3 is 14.9 Å². The molecule has 0 atom stereocenters. The highest BCUT2D eigenvalue weighted by Gasteiger charge is 2.16. The number of phenolic OH excluding ortho intramolecular Hbond substituents is 1. The van der Waals surface area contributed by atoms with E-state index in [1.54, 1.807) is 19.1 Å². The fourth-order valence-electron chi connectivity index (χ4n) is 1.53. The third kappa shape index (κ3) is 2.14. The molecule has 1 heterocycles. The summed E-state index contributed by atoms with van der Waals surface area (Å²) in [6.07, 6.45) is 0. The van der Waals surface area contributed by atoms with Crippen LogP contribution in [0.3, 0.4) is 0 Å². The van der Waals surface area contributed by atoms with Gasteiger partial charge in [0.25, 0.3) is 0 Å². The lowest BCUT2D eigenvalue weighted by Crippen LogP contribution is -1.98.